The maximum absolute atomic E-state index is 11.6. The van der Waals surface area contributed by atoms with Crippen molar-refractivity contribution in [3.63, 3.8) is 0 Å². The van der Waals surface area contributed by atoms with Crippen LogP contribution in [-0.2, 0) is 6.42 Å². The van der Waals surface area contributed by atoms with Crippen LogP contribution in [0.2, 0.25) is 0 Å². The van der Waals surface area contributed by atoms with Crippen LogP contribution in [0.5, 0.6) is 0 Å². The van der Waals surface area contributed by atoms with E-state index in [0.29, 0.717) is 0 Å². The fourth-order valence-corrected chi connectivity index (χ4v) is 2.91. The second-order valence-electron chi connectivity index (χ2n) is 5.48. The zero-order valence-corrected chi connectivity index (χ0v) is 12.1. The summed E-state index contributed by atoms with van der Waals surface area (Å²) in [4.78, 5) is 21.3. The van der Waals surface area contributed by atoms with Crippen molar-refractivity contribution in [3.8, 4) is 0 Å². The molecule has 1 atom stereocenters. The van der Waals surface area contributed by atoms with Crippen molar-refractivity contribution in [3.05, 3.63) is 22.2 Å². The van der Waals surface area contributed by atoms with Gasteiger partial charge in [-0.3, -0.25) is 4.79 Å². The van der Waals surface area contributed by atoms with E-state index in [9.17, 15) is 4.79 Å². The Morgan fingerprint density at radius 1 is 1.37 bits per heavy atom. The van der Waals surface area contributed by atoms with E-state index in [1.54, 1.807) is 6.07 Å². The van der Waals surface area contributed by atoms with Gasteiger partial charge in [0.2, 0.25) is 0 Å². The first-order chi connectivity index (χ1) is 9.22. The molecule has 2 rings (SSSR count). The summed E-state index contributed by atoms with van der Waals surface area (Å²) in [6.45, 7) is 6.33. The molecule has 1 N–H and O–H groups in total. The molecule has 19 heavy (non-hydrogen) atoms. The van der Waals surface area contributed by atoms with Crippen molar-refractivity contribution in [1.29, 1.82) is 0 Å². The number of nitrogens with one attached hydrogen (secondary N) is 1. The van der Waals surface area contributed by atoms with E-state index in [2.05, 4.69) is 21.8 Å². The van der Waals surface area contributed by atoms with Crippen LogP contribution >= 0.6 is 0 Å². The zero-order chi connectivity index (χ0) is 13.7. The van der Waals surface area contributed by atoms with Crippen molar-refractivity contribution in [2.45, 2.75) is 52.4 Å². The van der Waals surface area contributed by atoms with E-state index >= 15 is 0 Å². The Morgan fingerprint density at radius 3 is 2.95 bits per heavy atom. The highest BCUT2D eigenvalue weighted by molar-refractivity contribution is 5.37. The summed E-state index contributed by atoms with van der Waals surface area (Å²) in [6.07, 6.45) is 7.12. The molecule has 106 valence electrons. The normalized spacial score (nSPS) is 20.3. The van der Waals surface area contributed by atoms with Gasteiger partial charge in [-0.15, -0.1) is 0 Å². The van der Waals surface area contributed by atoms with E-state index in [-0.39, 0.29) is 5.56 Å². The van der Waals surface area contributed by atoms with E-state index in [1.807, 2.05) is 6.92 Å². The second-order valence-corrected chi connectivity index (χ2v) is 5.48. The van der Waals surface area contributed by atoms with E-state index < -0.39 is 0 Å². The fraction of sp³-hybridized carbons (Fsp3) is 0.733. The molecule has 1 aliphatic heterocycles. The van der Waals surface area contributed by atoms with Gasteiger partial charge in [-0.05, 0) is 25.2 Å². The predicted octanol–water partition coefficient (Wildman–Crippen LogP) is 2.74. The van der Waals surface area contributed by atoms with Gasteiger partial charge >= 0.3 is 0 Å². The maximum Gasteiger partial charge on any atom is 0.252 e. The SMILES string of the molecule is CCCC1CCCN(c2cc(=O)[nH]c(CC)n2)CC1. The van der Waals surface area contributed by atoms with Crippen LogP contribution in [0.25, 0.3) is 0 Å². The van der Waals surface area contributed by atoms with E-state index in [1.165, 1.54) is 32.1 Å². The monoisotopic (exact) mass is 263 g/mol. The molecule has 1 aliphatic rings. The van der Waals surface area contributed by atoms with Crippen molar-refractivity contribution in [2.75, 3.05) is 18.0 Å². The van der Waals surface area contributed by atoms with Crippen molar-refractivity contribution in [2.24, 2.45) is 5.92 Å². The van der Waals surface area contributed by atoms with E-state index in [0.717, 1.165) is 37.1 Å². The van der Waals surface area contributed by atoms with Crippen molar-refractivity contribution >= 4 is 5.82 Å². The minimum absolute atomic E-state index is 0.0313. The van der Waals surface area contributed by atoms with Gasteiger partial charge in [0.1, 0.15) is 11.6 Å². The Bertz CT molecular complexity index is 455. The molecule has 2 heterocycles. The third-order valence-corrected chi connectivity index (χ3v) is 3.98. The molecule has 0 aliphatic carbocycles. The maximum atomic E-state index is 11.6. The molecule has 1 aromatic heterocycles. The lowest BCUT2D eigenvalue weighted by atomic mass is 9.96. The lowest BCUT2D eigenvalue weighted by Crippen LogP contribution is -2.27. The Labute approximate surface area is 115 Å². The van der Waals surface area contributed by atoms with Crippen LogP contribution in [0, 0.1) is 5.92 Å². The molecule has 1 unspecified atom stereocenters. The summed E-state index contributed by atoms with van der Waals surface area (Å²) in [7, 11) is 0. The van der Waals surface area contributed by atoms with Crippen molar-refractivity contribution in [1.82, 2.24) is 9.97 Å². The first-order valence-corrected chi connectivity index (χ1v) is 7.58. The summed E-state index contributed by atoms with van der Waals surface area (Å²) >= 11 is 0. The number of hydrogen-bond acceptors (Lipinski definition) is 3. The lowest BCUT2D eigenvalue weighted by molar-refractivity contribution is 0.435. The van der Waals surface area contributed by atoms with Gasteiger partial charge in [-0.1, -0.05) is 26.7 Å². The van der Waals surface area contributed by atoms with Crippen LogP contribution in [0.1, 0.15) is 51.8 Å². The second kappa shape index (κ2) is 6.73. The minimum atomic E-state index is -0.0313. The van der Waals surface area contributed by atoms with Gasteiger partial charge in [-0.2, -0.15) is 0 Å². The molecule has 1 fully saturated rings. The summed E-state index contributed by atoms with van der Waals surface area (Å²) in [6, 6.07) is 1.64. The molecule has 0 radical (unpaired) electrons. The van der Waals surface area contributed by atoms with Crippen LogP contribution in [-0.4, -0.2) is 23.1 Å². The Hall–Kier alpha value is -1.32. The number of rotatable bonds is 4. The molecule has 0 aromatic carbocycles. The van der Waals surface area contributed by atoms with Gasteiger partial charge in [0.15, 0.2) is 0 Å². The third kappa shape index (κ3) is 3.82. The molecule has 1 saturated heterocycles. The summed E-state index contributed by atoms with van der Waals surface area (Å²) in [5.74, 6) is 2.50. The predicted molar refractivity (Wildman–Crippen MR) is 78.7 cm³/mol. The van der Waals surface area contributed by atoms with E-state index in [4.69, 9.17) is 0 Å². The number of H-pyrrole nitrogens is 1. The highest BCUT2D eigenvalue weighted by Crippen LogP contribution is 2.24. The lowest BCUT2D eigenvalue weighted by Gasteiger charge is -2.21. The summed E-state index contributed by atoms with van der Waals surface area (Å²) in [5, 5.41) is 0. The highest BCUT2D eigenvalue weighted by atomic mass is 16.1. The number of aryl methyl sites for hydroxylation is 1. The largest absolute Gasteiger partial charge is 0.356 e. The third-order valence-electron chi connectivity index (χ3n) is 3.98. The first-order valence-electron chi connectivity index (χ1n) is 7.58. The summed E-state index contributed by atoms with van der Waals surface area (Å²) in [5.41, 5.74) is -0.0313. The molecule has 4 heteroatoms. The van der Waals surface area contributed by atoms with Gasteiger partial charge < -0.3 is 9.88 Å². The molecule has 0 amide bonds. The average molecular weight is 263 g/mol. The van der Waals surface area contributed by atoms with Crippen LogP contribution in [0.4, 0.5) is 5.82 Å². The standard InChI is InChI=1S/C15H25N3O/c1-3-6-12-7-5-9-18(10-8-12)14-11-15(19)17-13(4-2)16-14/h11-12H,3-10H2,1-2H3,(H,16,17,19). The molecule has 0 bridgehead atoms. The average Bonchev–Trinajstić information content (AvgIpc) is 2.64. The minimum Gasteiger partial charge on any atom is -0.356 e. The molecular formula is C15H25N3O. The number of hydrogen-bond donors (Lipinski definition) is 1. The fourth-order valence-electron chi connectivity index (χ4n) is 2.91. The number of aromatic amines is 1. The number of anilines is 1. The van der Waals surface area contributed by atoms with Gasteiger partial charge in [-0.25, -0.2) is 4.98 Å². The molecule has 4 nitrogen and oxygen atoms in total. The number of aromatic nitrogens is 2. The quantitative estimate of drug-likeness (QED) is 0.908. The molecule has 0 saturated carbocycles. The molecular weight excluding hydrogens is 238 g/mol. The zero-order valence-electron chi connectivity index (χ0n) is 12.1. The topological polar surface area (TPSA) is 49.0 Å². The van der Waals surface area contributed by atoms with Crippen molar-refractivity contribution < 1.29 is 0 Å². The van der Waals surface area contributed by atoms with Gasteiger partial charge in [0, 0.05) is 25.6 Å². The highest BCUT2D eigenvalue weighted by Gasteiger charge is 2.18. The first kappa shape index (κ1) is 14.1. The van der Waals surface area contributed by atoms with Crippen LogP contribution < -0.4 is 10.5 Å². The van der Waals surface area contributed by atoms with Gasteiger partial charge in [0.05, 0.1) is 0 Å². The summed E-state index contributed by atoms with van der Waals surface area (Å²) < 4.78 is 0. The smallest absolute Gasteiger partial charge is 0.252 e. The van der Waals surface area contributed by atoms with Gasteiger partial charge in [0.25, 0.3) is 5.56 Å². The molecule has 1 aromatic rings. The van der Waals surface area contributed by atoms with Crippen LogP contribution in [0.15, 0.2) is 10.9 Å². The molecule has 0 spiro atoms. The number of nitrogens with zero attached hydrogens (tertiary/aromatic N) is 2. The Morgan fingerprint density at radius 2 is 2.21 bits per heavy atom. The van der Waals surface area contributed by atoms with Crippen LogP contribution in [0.3, 0.4) is 0 Å². The Balaban J connectivity index is 2.09. The Kier molecular flexibility index (Phi) is 5.00.